The van der Waals surface area contributed by atoms with Crippen LogP contribution in [0.2, 0.25) is 0 Å². The molecule has 0 saturated heterocycles. The lowest BCUT2D eigenvalue weighted by Crippen LogP contribution is -2.15. The average molecular weight is 297 g/mol. The highest BCUT2D eigenvalue weighted by atomic mass is 35.5. The quantitative estimate of drug-likeness (QED) is 0.857. The molecule has 1 aliphatic carbocycles. The zero-order valence-electron chi connectivity index (χ0n) is 11.1. The van der Waals surface area contributed by atoms with E-state index in [9.17, 15) is 4.79 Å². The minimum Gasteiger partial charge on any atom is -0.309 e. The molecule has 0 aromatic carbocycles. The monoisotopic (exact) mass is 296 g/mol. The number of aryl methyl sites for hydroxylation is 1. The Labute approximate surface area is 121 Å². The van der Waals surface area contributed by atoms with E-state index in [1.807, 2.05) is 6.92 Å². The van der Waals surface area contributed by atoms with Crippen molar-refractivity contribution >= 4 is 33.2 Å². The number of fused-ring (bicyclic) bond motifs is 3. The van der Waals surface area contributed by atoms with Gasteiger partial charge in [0.2, 0.25) is 0 Å². The van der Waals surface area contributed by atoms with Gasteiger partial charge in [0.1, 0.15) is 10.7 Å². The van der Waals surface area contributed by atoms with Crippen molar-refractivity contribution in [1.82, 2.24) is 9.97 Å². The Morgan fingerprint density at radius 1 is 1.58 bits per heavy atom. The van der Waals surface area contributed by atoms with E-state index < -0.39 is 0 Å². The van der Waals surface area contributed by atoms with Crippen LogP contribution in [-0.4, -0.2) is 9.97 Å². The number of hydrogen-bond acceptors (Lipinski definition) is 3. The summed E-state index contributed by atoms with van der Waals surface area (Å²) >= 11 is 7.69. The summed E-state index contributed by atoms with van der Waals surface area (Å²) in [5, 5.41) is 0.537. The summed E-state index contributed by atoms with van der Waals surface area (Å²) in [5.41, 5.74) is 1.20. The highest BCUT2D eigenvalue weighted by molar-refractivity contribution is 7.18. The highest BCUT2D eigenvalue weighted by Crippen LogP contribution is 2.37. The van der Waals surface area contributed by atoms with Crippen molar-refractivity contribution in [3.05, 3.63) is 26.6 Å². The fraction of sp³-hybridized carbons (Fsp3) is 0.571. The molecule has 0 bridgehead atoms. The van der Waals surface area contributed by atoms with Gasteiger partial charge in [-0.3, -0.25) is 4.79 Å². The van der Waals surface area contributed by atoms with Gasteiger partial charge >= 0.3 is 0 Å². The fourth-order valence-corrected chi connectivity index (χ4v) is 4.25. The molecule has 0 fully saturated rings. The first-order chi connectivity index (χ1) is 9.10. The fourth-order valence-electron chi connectivity index (χ4n) is 2.81. The number of halogens is 1. The lowest BCUT2D eigenvalue weighted by Gasteiger charge is -2.20. The van der Waals surface area contributed by atoms with Crippen molar-refractivity contribution < 1.29 is 0 Å². The van der Waals surface area contributed by atoms with Crippen LogP contribution in [0.4, 0.5) is 0 Å². The maximum atomic E-state index is 12.2. The zero-order valence-corrected chi connectivity index (χ0v) is 12.7. The third-order valence-corrected chi connectivity index (χ3v) is 5.35. The molecular weight excluding hydrogens is 280 g/mol. The van der Waals surface area contributed by atoms with Crippen molar-refractivity contribution in [2.24, 2.45) is 5.92 Å². The van der Waals surface area contributed by atoms with Crippen molar-refractivity contribution in [1.29, 1.82) is 0 Å². The van der Waals surface area contributed by atoms with Crippen LogP contribution in [0.25, 0.3) is 10.2 Å². The minimum absolute atomic E-state index is 0.0278. The summed E-state index contributed by atoms with van der Waals surface area (Å²) in [6.07, 6.45) is 4.50. The molecule has 102 valence electrons. The van der Waals surface area contributed by atoms with Gasteiger partial charge in [0, 0.05) is 4.88 Å². The van der Waals surface area contributed by atoms with E-state index in [0.717, 1.165) is 29.0 Å². The molecule has 2 heterocycles. The zero-order chi connectivity index (χ0) is 13.6. The molecule has 1 aliphatic rings. The number of rotatable bonds is 2. The van der Waals surface area contributed by atoms with Gasteiger partial charge in [0.25, 0.3) is 5.56 Å². The van der Waals surface area contributed by atoms with Crippen LogP contribution in [0, 0.1) is 5.92 Å². The van der Waals surface area contributed by atoms with Gasteiger partial charge < -0.3 is 4.98 Å². The maximum absolute atomic E-state index is 12.2. The maximum Gasteiger partial charge on any atom is 0.259 e. The van der Waals surface area contributed by atoms with Crippen LogP contribution in [0.1, 0.15) is 48.3 Å². The number of alkyl halides is 1. The van der Waals surface area contributed by atoms with Crippen molar-refractivity contribution in [2.45, 2.75) is 44.9 Å². The number of thiophene rings is 1. The molecule has 0 aliphatic heterocycles. The predicted octanol–water partition coefficient (Wildman–Crippen LogP) is 3.80. The third kappa shape index (κ3) is 2.21. The Morgan fingerprint density at radius 3 is 3.05 bits per heavy atom. The van der Waals surface area contributed by atoms with E-state index in [1.54, 1.807) is 11.3 Å². The number of aromatic nitrogens is 2. The first kappa shape index (κ1) is 13.1. The summed E-state index contributed by atoms with van der Waals surface area (Å²) in [4.78, 5) is 21.8. The standard InChI is InChI=1S/C14H17ClN2OS/c1-3-8-4-5-9-10(6-8)19-14-11(9)13(18)16-12(17-14)7(2)15/h7-8H,3-6H2,1-2H3,(H,16,17,18). The minimum atomic E-state index is -0.264. The Hall–Kier alpha value is -0.870. The first-order valence-electron chi connectivity index (χ1n) is 6.78. The molecule has 2 aromatic rings. The number of hydrogen-bond donors (Lipinski definition) is 1. The second-order valence-corrected chi connectivity index (χ2v) is 7.01. The van der Waals surface area contributed by atoms with E-state index in [2.05, 4.69) is 16.9 Å². The summed E-state index contributed by atoms with van der Waals surface area (Å²) < 4.78 is 0. The number of H-pyrrole nitrogens is 1. The average Bonchev–Trinajstić information content (AvgIpc) is 2.75. The van der Waals surface area contributed by atoms with Gasteiger partial charge in [0.05, 0.1) is 10.8 Å². The molecule has 2 unspecified atom stereocenters. The molecule has 0 spiro atoms. The molecule has 2 atom stereocenters. The molecule has 19 heavy (non-hydrogen) atoms. The van der Waals surface area contributed by atoms with E-state index >= 15 is 0 Å². The predicted molar refractivity (Wildman–Crippen MR) is 80.3 cm³/mol. The number of nitrogens with zero attached hydrogens (tertiary/aromatic N) is 1. The normalized spacial score (nSPS) is 20.5. The van der Waals surface area contributed by atoms with Crippen LogP contribution in [0.15, 0.2) is 4.79 Å². The summed E-state index contributed by atoms with van der Waals surface area (Å²) in [7, 11) is 0. The van der Waals surface area contributed by atoms with Crippen LogP contribution in [-0.2, 0) is 12.8 Å². The van der Waals surface area contributed by atoms with Gasteiger partial charge in [0.15, 0.2) is 0 Å². The number of aromatic amines is 1. The Balaban J connectivity index is 2.17. The second kappa shape index (κ2) is 4.91. The summed E-state index contributed by atoms with van der Waals surface area (Å²) in [6, 6.07) is 0. The lowest BCUT2D eigenvalue weighted by molar-refractivity contribution is 0.451. The van der Waals surface area contributed by atoms with Gasteiger partial charge in [-0.15, -0.1) is 22.9 Å². The van der Waals surface area contributed by atoms with E-state index in [4.69, 9.17) is 11.6 Å². The highest BCUT2D eigenvalue weighted by Gasteiger charge is 2.24. The van der Waals surface area contributed by atoms with E-state index in [-0.39, 0.29) is 10.9 Å². The molecule has 3 nitrogen and oxygen atoms in total. The van der Waals surface area contributed by atoms with Crippen LogP contribution < -0.4 is 5.56 Å². The molecule has 0 radical (unpaired) electrons. The lowest BCUT2D eigenvalue weighted by atomic mass is 9.86. The molecule has 0 saturated carbocycles. The smallest absolute Gasteiger partial charge is 0.259 e. The van der Waals surface area contributed by atoms with Gasteiger partial charge in [-0.1, -0.05) is 13.3 Å². The van der Waals surface area contributed by atoms with Crippen LogP contribution in [0.5, 0.6) is 0 Å². The Morgan fingerprint density at radius 2 is 2.37 bits per heavy atom. The molecule has 5 heteroatoms. The topological polar surface area (TPSA) is 45.8 Å². The molecule has 1 N–H and O–H groups in total. The Kier molecular flexibility index (Phi) is 3.39. The largest absolute Gasteiger partial charge is 0.309 e. The van der Waals surface area contributed by atoms with Crippen LogP contribution in [0.3, 0.4) is 0 Å². The van der Waals surface area contributed by atoms with Crippen molar-refractivity contribution in [3.63, 3.8) is 0 Å². The molecular formula is C14H17ClN2OS. The van der Waals surface area contributed by atoms with Crippen molar-refractivity contribution in [3.8, 4) is 0 Å². The molecule has 3 rings (SSSR count). The summed E-state index contributed by atoms with van der Waals surface area (Å²) in [6.45, 7) is 4.06. The van der Waals surface area contributed by atoms with Crippen LogP contribution >= 0.6 is 22.9 Å². The van der Waals surface area contributed by atoms with E-state index in [1.165, 1.54) is 23.3 Å². The second-order valence-electron chi connectivity index (χ2n) is 5.27. The Bertz CT molecular complexity index is 674. The SMILES string of the molecule is CCC1CCc2c(sc3nc(C(C)Cl)[nH]c(=O)c23)C1. The van der Waals surface area contributed by atoms with Crippen molar-refractivity contribution in [2.75, 3.05) is 0 Å². The summed E-state index contributed by atoms with van der Waals surface area (Å²) in [5.74, 6) is 1.33. The first-order valence-corrected chi connectivity index (χ1v) is 8.04. The van der Waals surface area contributed by atoms with Gasteiger partial charge in [-0.2, -0.15) is 0 Å². The van der Waals surface area contributed by atoms with E-state index in [0.29, 0.717) is 5.82 Å². The molecule has 2 aromatic heterocycles. The molecule has 0 amide bonds. The third-order valence-electron chi connectivity index (χ3n) is 3.99. The van der Waals surface area contributed by atoms with Gasteiger partial charge in [-0.25, -0.2) is 4.98 Å². The number of nitrogens with one attached hydrogen (secondary N) is 1. The van der Waals surface area contributed by atoms with Gasteiger partial charge in [-0.05, 0) is 37.7 Å².